The Hall–Kier alpha value is -2.08. The normalized spacial score (nSPS) is 14.2. The standard InChI is InChI=1S/C20H32N4O2/c1-4-16-7-6-8-18(13-16)23-19(25)14-22-20(21-5-2)24(3)11-12-26-15-17-9-10-17/h6-8,13,17H,4-5,9-12,14-15H2,1-3H3,(H,21,22)(H,23,25). The van der Waals surface area contributed by atoms with E-state index in [0.717, 1.165) is 43.7 Å². The van der Waals surface area contributed by atoms with Crippen LogP contribution in [0.4, 0.5) is 5.69 Å². The number of likely N-dealkylation sites (N-methyl/N-ethyl adjacent to an activating group) is 1. The SMILES string of the molecule is CCNC(=NCC(=O)Nc1cccc(CC)c1)N(C)CCOCC1CC1. The van der Waals surface area contributed by atoms with Gasteiger partial charge in [-0.05, 0) is 49.8 Å². The van der Waals surface area contributed by atoms with Crippen molar-refractivity contribution in [3.8, 4) is 0 Å². The molecule has 0 aliphatic heterocycles. The third-order valence-corrected chi connectivity index (χ3v) is 4.31. The largest absolute Gasteiger partial charge is 0.379 e. The highest BCUT2D eigenvalue weighted by molar-refractivity contribution is 5.94. The molecular formula is C20H32N4O2. The van der Waals surface area contributed by atoms with E-state index < -0.39 is 0 Å². The van der Waals surface area contributed by atoms with Gasteiger partial charge < -0.3 is 20.3 Å². The Labute approximate surface area is 157 Å². The molecule has 0 unspecified atom stereocenters. The third-order valence-electron chi connectivity index (χ3n) is 4.31. The average Bonchev–Trinajstić information content (AvgIpc) is 3.46. The number of nitrogens with zero attached hydrogens (tertiary/aromatic N) is 2. The minimum Gasteiger partial charge on any atom is -0.379 e. The summed E-state index contributed by atoms with van der Waals surface area (Å²) < 4.78 is 5.68. The Morgan fingerprint density at radius 3 is 2.85 bits per heavy atom. The monoisotopic (exact) mass is 360 g/mol. The number of aryl methyl sites for hydroxylation is 1. The molecule has 144 valence electrons. The number of carbonyl (C=O) groups is 1. The van der Waals surface area contributed by atoms with Crippen LogP contribution in [0.1, 0.15) is 32.3 Å². The molecule has 26 heavy (non-hydrogen) atoms. The Morgan fingerprint density at radius 1 is 1.35 bits per heavy atom. The van der Waals surface area contributed by atoms with Gasteiger partial charge in [-0.1, -0.05) is 19.1 Å². The van der Waals surface area contributed by atoms with Crippen molar-refractivity contribution in [3.05, 3.63) is 29.8 Å². The first-order chi connectivity index (χ1) is 12.6. The molecule has 1 amide bonds. The second-order valence-corrected chi connectivity index (χ2v) is 6.71. The van der Waals surface area contributed by atoms with Crippen molar-refractivity contribution in [3.63, 3.8) is 0 Å². The van der Waals surface area contributed by atoms with Crippen LogP contribution < -0.4 is 10.6 Å². The molecule has 6 heteroatoms. The number of nitrogens with one attached hydrogen (secondary N) is 2. The molecule has 0 atom stereocenters. The highest BCUT2D eigenvalue weighted by Gasteiger charge is 2.21. The number of hydrogen-bond acceptors (Lipinski definition) is 3. The van der Waals surface area contributed by atoms with E-state index in [1.54, 1.807) is 0 Å². The number of amides is 1. The third kappa shape index (κ3) is 7.44. The van der Waals surface area contributed by atoms with Gasteiger partial charge in [0.1, 0.15) is 6.54 Å². The zero-order chi connectivity index (χ0) is 18.8. The summed E-state index contributed by atoms with van der Waals surface area (Å²) >= 11 is 0. The van der Waals surface area contributed by atoms with Crippen molar-refractivity contribution >= 4 is 17.6 Å². The average molecular weight is 361 g/mol. The predicted molar refractivity (Wildman–Crippen MR) is 107 cm³/mol. The number of benzene rings is 1. The highest BCUT2D eigenvalue weighted by atomic mass is 16.5. The summed E-state index contributed by atoms with van der Waals surface area (Å²) in [5, 5.41) is 6.13. The number of guanidine groups is 1. The first-order valence-electron chi connectivity index (χ1n) is 9.58. The van der Waals surface area contributed by atoms with E-state index in [9.17, 15) is 4.79 Å². The second-order valence-electron chi connectivity index (χ2n) is 6.71. The lowest BCUT2D eigenvalue weighted by Gasteiger charge is -2.22. The van der Waals surface area contributed by atoms with Gasteiger partial charge in [0.15, 0.2) is 5.96 Å². The minimum absolute atomic E-state index is 0.0892. The van der Waals surface area contributed by atoms with Gasteiger partial charge in [-0.2, -0.15) is 0 Å². The van der Waals surface area contributed by atoms with Crippen LogP contribution >= 0.6 is 0 Å². The van der Waals surface area contributed by atoms with E-state index in [-0.39, 0.29) is 12.5 Å². The molecule has 1 aliphatic carbocycles. The maximum atomic E-state index is 12.2. The zero-order valence-corrected chi connectivity index (χ0v) is 16.3. The lowest BCUT2D eigenvalue weighted by atomic mass is 10.1. The van der Waals surface area contributed by atoms with E-state index >= 15 is 0 Å². The van der Waals surface area contributed by atoms with Crippen molar-refractivity contribution in [1.82, 2.24) is 10.2 Å². The summed E-state index contributed by atoms with van der Waals surface area (Å²) in [6, 6.07) is 7.90. The van der Waals surface area contributed by atoms with Crippen LogP contribution in [0.2, 0.25) is 0 Å². The smallest absolute Gasteiger partial charge is 0.246 e. The van der Waals surface area contributed by atoms with Crippen molar-refractivity contribution < 1.29 is 9.53 Å². The molecule has 0 radical (unpaired) electrons. The van der Waals surface area contributed by atoms with E-state index in [4.69, 9.17) is 4.74 Å². The topological polar surface area (TPSA) is 66.0 Å². The quantitative estimate of drug-likeness (QED) is 0.382. The van der Waals surface area contributed by atoms with Gasteiger partial charge in [0.05, 0.1) is 6.61 Å². The molecule has 0 aromatic heterocycles. The number of anilines is 1. The van der Waals surface area contributed by atoms with Crippen LogP contribution in [0.25, 0.3) is 0 Å². The highest BCUT2D eigenvalue weighted by Crippen LogP contribution is 2.28. The number of carbonyl (C=O) groups excluding carboxylic acids is 1. The maximum absolute atomic E-state index is 12.2. The molecule has 1 aliphatic rings. The molecule has 2 N–H and O–H groups in total. The van der Waals surface area contributed by atoms with Crippen molar-refractivity contribution in [2.45, 2.75) is 33.1 Å². The summed E-state index contributed by atoms with van der Waals surface area (Å²) in [5.41, 5.74) is 2.02. The molecule has 1 aromatic rings. The fourth-order valence-electron chi connectivity index (χ4n) is 2.53. The molecule has 0 bridgehead atoms. The van der Waals surface area contributed by atoms with Gasteiger partial charge in [-0.15, -0.1) is 0 Å². The summed E-state index contributed by atoms with van der Waals surface area (Å²) in [6.07, 6.45) is 3.55. The van der Waals surface area contributed by atoms with E-state index in [0.29, 0.717) is 6.61 Å². The zero-order valence-electron chi connectivity index (χ0n) is 16.3. The van der Waals surface area contributed by atoms with Crippen LogP contribution in [0.3, 0.4) is 0 Å². The number of hydrogen-bond donors (Lipinski definition) is 2. The number of aliphatic imine (C=N–C) groups is 1. The summed E-state index contributed by atoms with van der Waals surface area (Å²) in [4.78, 5) is 18.6. The van der Waals surface area contributed by atoms with E-state index in [1.165, 1.54) is 18.4 Å². The van der Waals surface area contributed by atoms with Crippen LogP contribution in [-0.4, -0.2) is 56.7 Å². The summed E-state index contributed by atoms with van der Waals surface area (Å²) in [5.74, 6) is 1.38. The van der Waals surface area contributed by atoms with Crippen molar-refractivity contribution in [2.75, 3.05) is 45.2 Å². The molecular weight excluding hydrogens is 328 g/mol. The van der Waals surface area contributed by atoms with Gasteiger partial charge in [0.2, 0.25) is 5.91 Å². The van der Waals surface area contributed by atoms with E-state index in [2.05, 4.69) is 28.6 Å². The summed E-state index contributed by atoms with van der Waals surface area (Å²) in [6.45, 7) is 7.24. The lowest BCUT2D eigenvalue weighted by Crippen LogP contribution is -2.41. The molecule has 0 spiro atoms. The summed E-state index contributed by atoms with van der Waals surface area (Å²) in [7, 11) is 1.96. The minimum atomic E-state index is -0.118. The predicted octanol–water partition coefficient (Wildman–Crippen LogP) is 2.51. The van der Waals surface area contributed by atoms with Crippen molar-refractivity contribution in [1.29, 1.82) is 0 Å². The number of rotatable bonds is 10. The van der Waals surface area contributed by atoms with Gasteiger partial charge in [0, 0.05) is 32.4 Å². The molecule has 0 saturated heterocycles. The second kappa shape index (κ2) is 10.8. The molecule has 2 rings (SSSR count). The lowest BCUT2D eigenvalue weighted by molar-refractivity contribution is -0.114. The number of ether oxygens (including phenoxy) is 1. The maximum Gasteiger partial charge on any atom is 0.246 e. The fraction of sp³-hybridized carbons (Fsp3) is 0.600. The Balaban J connectivity index is 1.80. The molecule has 1 fully saturated rings. The molecule has 6 nitrogen and oxygen atoms in total. The van der Waals surface area contributed by atoms with Crippen LogP contribution in [0.15, 0.2) is 29.3 Å². The fourth-order valence-corrected chi connectivity index (χ4v) is 2.53. The van der Waals surface area contributed by atoms with Gasteiger partial charge >= 0.3 is 0 Å². The molecule has 1 aromatic carbocycles. The van der Waals surface area contributed by atoms with E-state index in [1.807, 2.05) is 37.1 Å². The Kier molecular flexibility index (Phi) is 8.41. The first kappa shape index (κ1) is 20.2. The van der Waals surface area contributed by atoms with Crippen LogP contribution in [0.5, 0.6) is 0 Å². The Morgan fingerprint density at radius 2 is 2.15 bits per heavy atom. The van der Waals surface area contributed by atoms with Gasteiger partial charge in [-0.3, -0.25) is 4.79 Å². The van der Waals surface area contributed by atoms with Gasteiger partial charge in [-0.25, -0.2) is 4.99 Å². The van der Waals surface area contributed by atoms with Crippen LogP contribution in [0, 0.1) is 5.92 Å². The Bertz CT molecular complexity index is 599. The molecule has 1 saturated carbocycles. The van der Waals surface area contributed by atoms with Gasteiger partial charge in [0.25, 0.3) is 0 Å². The van der Waals surface area contributed by atoms with Crippen molar-refractivity contribution in [2.24, 2.45) is 10.9 Å². The van der Waals surface area contributed by atoms with Crippen LogP contribution in [-0.2, 0) is 16.0 Å². The molecule has 0 heterocycles. The first-order valence-corrected chi connectivity index (χ1v) is 9.58.